The second-order valence-electron chi connectivity index (χ2n) is 13.9. The first-order valence-electron chi connectivity index (χ1n) is 16.4. The molecular formula is C36H60O5. The minimum absolute atomic E-state index is 0.00484. The summed E-state index contributed by atoms with van der Waals surface area (Å²) in [6.07, 6.45) is 13.3. The van der Waals surface area contributed by atoms with Gasteiger partial charge in [0.2, 0.25) is 0 Å². The van der Waals surface area contributed by atoms with Gasteiger partial charge in [-0.3, -0.25) is 9.59 Å². The molecule has 1 aromatic carbocycles. The maximum atomic E-state index is 12.6. The van der Waals surface area contributed by atoms with Crippen molar-refractivity contribution in [2.24, 2.45) is 17.8 Å². The van der Waals surface area contributed by atoms with Gasteiger partial charge in [-0.05, 0) is 102 Å². The zero-order chi connectivity index (χ0) is 30.7. The van der Waals surface area contributed by atoms with E-state index in [1.165, 1.54) is 51.4 Å². The average molecular weight is 573 g/mol. The third-order valence-corrected chi connectivity index (χ3v) is 8.95. The number of rotatable bonds is 17. The van der Waals surface area contributed by atoms with E-state index >= 15 is 0 Å². The summed E-state index contributed by atoms with van der Waals surface area (Å²) in [7, 11) is 0. The Hall–Kier alpha value is -2.04. The number of fused-ring (bicyclic) bond motifs is 1. The van der Waals surface area contributed by atoms with Crippen molar-refractivity contribution in [3.63, 3.8) is 0 Å². The summed E-state index contributed by atoms with van der Waals surface area (Å²) in [5.74, 6) is 3.22. The lowest BCUT2D eigenvalue weighted by Gasteiger charge is -2.38. The molecule has 0 N–H and O–H groups in total. The van der Waals surface area contributed by atoms with Gasteiger partial charge in [0.05, 0.1) is 18.9 Å². The van der Waals surface area contributed by atoms with E-state index in [4.69, 9.17) is 14.2 Å². The number of ether oxygens (including phenoxy) is 3. The fourth-order valence-corrected chi connectivity index (χ4v) is 6.10. The first kappa shape index (κ1) is 35.2. The van der Waals surface area contributed by atoms with Crippen LogP contribution in [0.1, 0.15) is 148 Å². The van der Waals surface area contributed by atoms with Crippen molar-refractivity contribution in [2.75, 3.05) is 0 Å². The van der Waals surface area contributed by atoms with Crippen LogP contribution in [0.25, 0.3) is 0 Å². The minimum Gasteiger partial charge on any atom is -0.487 e. The van der Waals surface area contributed by atoms with Crippen LogP contribution in [0.4, 0.5) is 0 Å². The zero-order valence-corrected chi connectivity index (χ0v) is 28.0. The highest BCUT2D eigenvalue weighted by atomic mass is 16.5. The van der Waals surface area contributed by atoms with E-state index in [0.717, 1.165) is 65.0 Å². The molecule has 0 saturated heterocycles. The van der Waals surface area contributed by atoms with Gasteiger partial charge in [-0.15, -0.1) is 0 Å². The first-order chi connectivity index (χ1) is 19.2. The standard InChI is InChI=1S/C36H60O5/c1-24(2)14-11-15-26(5)16-12-17-27(6)18-13-22-36(10)23-21-31-30(9)34(28(7)29(8)35(31)41-36)40-33(38)20-19-32(37)39-25(3)4/h24-27H,11-23H2,1-10H3. The molecule has 0 aliphatic carbocycles. The molecule has 0 fully saturated rings. The van der Waals surface area contributed by atoms with Gasteiger partial charge in [-0.25, -0.2) is 0 Å². The monoisotopic (exact) mass is 572 g/mol. The van der Waals surface area contributed by atoms with E-state index in [9.17, 15) is 9.59 Å². The average Bonchev–Trinajstić information content (AvgIpc) is 2.88. The van der Waals surface area contributed by atoms with Gasteiger partial charge in [0.25, 0.3) is 0 Å². The zero-order valence-electron chi connectivity index (χ0n) is 28.0. The first-order valence-corrected chi connectivity index (χ1v) is 16.4. The second-order valence-corrected chi connectivity index (χ2v) is 13.9. The smallest absolute Gasteiger partial charge is 0.311 e. The van der Waals surface area contributed by atoms with Gasteiger partial charge in [0, 0.05) is 5.56 Å². The van der Waals surface area contributed by atoms with E-state index in [1.807, 2.05) is 13.8 Å². The molecule has 3 atom stereocenters. The number of benzene rings is 1. The molecule has 0 aromatic heterocycles. The Bertz CT molecular complexity index is 994. The van der Waals surface area contributed by atoms with Crippen LogP contribution in [0.15, 0.2) is 0 Å². The van der Waals surface area contributed by atoms with Crippen LogP contribution in [-0.4, -0.2) is 23.6 Å². The van der Waals surface area contributed by atoms with Crippen LogP contribution in [0.2, 0.25) is 0 Å². The number of carbonyl (C=O) groups is 2. The van der Waals surface area contributed by atoms with E-state index in [1.54, 1.807) is 13.8 Å². The Morgan fingerprint density at radius 1 is 0.780 bits per heavy atom. The molecule has 1 heterocycles. The predicted octanol–water partition coefficient (Wildman–Crippen LogP) is 9.77. The van der Waals surface area contributed by atoms with Crippen molar-refractivity contribution in [1.29, 1.82) is 0 Å². The molecule has 0 saturated carbocycles. The maximum absolute atomic E-state index is 12.6. The summed E-state index contributed by atoms with van der Waals surface area (Å²) in [4.78, 5) is 24.4. The Morgan fingerprint density at radius 2 is 1.34 bits per heavy atom. The van der Waals surface area contributed by atoms with Crippen LogP contribution in [-0.2, 0) is 20.7 Å². The summed E-state index contributed by atoms with van der Waals surface area (Å²) >= 11 is 0. The normalized spacial score (nSPS) is 18.1. The number of hydrogen-bond donors (Lipinski definition) is 0. The molecule has 2 rings (SSSR count). The van der Waals surface area contributed by atoms with Crippen molar-refractivity contribution in [2.45, 2.75) is 164 Å². The summed E-state index contributed by atoms with van der Waals surface area (Å²) in [6, 6.07) is 0. The third kappa shape index (κ3) is 11.6. The van der Waals surface area contributed by atoms with Crippen LogP contribution < -0.4 is 9.47 Å². The fraction of sp³-hybridized carbons (Fsp3) is 0.778. The molecule has 0 bridgehead atoms. The van der Waals surface area contributed by atoms with E-state index in [2.05, 4.69) is 41.5 Å². The van der Waals surface area contributed by atoms with Crippen molar-refractivity contribution in [3.05, 3.63) is 22.3 Å². The van der Waals surface area contributed by atoms with Gasteiger partial charge in [-0.1, -0.05) is 72.6 Å². The van der Waals surface area contributed by atoms with Gasteiger partial charge in [0.1, 0.15) is 17.1 Å². The van der Waals surface area contributed by atoms with Crippen molar-refractivity contribution >= 4 is 11.9 Å². The number of carbonyl (C=O) groups excluding carboxylic acids is 2. The van der Waals surface area contributed by atoms with Gasteiger partial charge < -0.3 is 14.2 Å². The van der Waals surface area contributed by atoms with Gasteiger partial charge in [0.15, 0.2) is 0 Å². The second kappa shape index (κ2) is 16.6. The SMILES string of the molecule is Cc1c(C)c2c(c(C)c1OC(=O)CCC(=O)OC(C)C)CCC(C)(CCCC(C)CCCC(C)CCCC(C)C)O2. The van der Waals surface area contributed by atoms with Crippen molar-refractivity contribution in [3.8, 4) is 11.5 Å². The van der Waals surface area contributed by atoms with Crippen LogP contribution in [0, 0.1) is 38.5 Å². The van der Waals surface area contributed by atoms with Crippen LogP contribution in [0.3, 0.4) is 0 Å². The highest BCUT2D eigenvalue weighted by Gasteiger charge is 2.35. The summed E-state index contributed by atoms with van der Waals surface area (Å²) in [6.45, 7) is 21.4. The Morgan fingerprint density at radius 3 is 1.93 bits per heavy atom. The number of esters is 2. The molecule has 5 heteroatoms. The van der Waals surface area contributed by atoms with E-state index in [0.29, 0.717) is 5.75 Å². The Balaban J connectivity index is 1.87. The van der Waals surface area contributed by atoms with Gasteiger partial charge >= 0.3 is 11.9 Å². The third-order valence-electron chi connectivity index (χ3n) is 8.95. The fourth-order valence-electron chi connectivity index (χ4n) is 6.10. The minimum atomic E-state index is -0.410. The molecular weight excluding hydrogens is 512 g/mol. The van der Waals surface area contributed by atoms with Crippen molar-refractivity contribution in [1.82, 2.24) is 0 Å². The Labute approximate surface area is 251 Å². The summed E-state index contributed by atoms with van der Waals surface area (Å²) in [5, 5.41) is 0. The molecule has 0 radical (unpaired) electrons. The van der Waals surface area contributed by atoms with E-state index < -0.39 is 5.97 Å². The molecule has 41 heavy (non-hydrogen) atoms. The molecule has 0 spiro atoms. The summed E-state index contributed by atoms with van der Waals surface area (Å²) < 4.78 is 17.7. The molecule has 234 valence electrons. The molecule has 3 unspecified atom stereocenters. The van der Waals surface area contributed by atoms with Crippen molar-refractivity contribution < 1.29 is 23.8 Å². The lowest BCUT2D eigenvalue weighted by molar-refractivity contribution is -0.150. The lowest BCUT2D eigenvalue weighted by Crippen LogP contribution is -2.37. The van der Waals surface area contributed by atoms with Crippen LogP contribution >= 0.6 is 0 Å². The molecule has 1 aromatic rings. The highest BCUT2D eigenvalue weighted by Crippen LogP contribution is 2.45. The largest absolute Gasteiger partial charge is 0.487 e. The van der Waals surface area contributed by atoms with Gasteiger partial charge in [-0.2, -0.15) is 0 Å². The topological polar surface area (TPSA) is 61.8 Å². The quantitative estimate of drug-likeness (QED) is 0.137. The lowest BCUT2D eigenvalue weighted by atomic mass is 9.83. The number of hydrogen-bond acceptors (Lipinski definition) is 5. The molecule has 5 nitrogen and oxygen atoms in total. The summed E-state index contributed by atoms with van der Waals surface area (Å²) in [5.41, 5.74) is 3.90. The van der Waals surface area contributed by atoms with Crippen LogP contribution in [0.5, 0.6) is 11.5 Å². The molecule has 1 aliphatic rings. The predicted molar refractivity (Wildman–Crippen MR) is 169 cm³/mol. The maximum Gasteiger partial charge on any atom is 0.311 e. The highest BCUT2D eigenvalue weighted by molar-refractivity contribution is 5.80. The molecule has 1 aliphatic heterocycles. The van der Waals surface area contributed by atoms with E-state index in [-0.39, 0.29) is 30.5 Å². The molecule has 0 amide bonds. The Kier molecular flexibility index (Phi) is 14.2.